The zero-order chi connectivity index (χ0) is 21.5. The molecule has 0 bridgehead atoms. The molecule has 3 N–H and O–H groups in total. The van der Waals surface area contributed by atoms with Crippen molar-refractivity contribution in [1.29, 1.82) is 0 Å². The maximum atomic E-state index is 12.9. The van der Waals surface area contributed by atoms with Gasteiger partial charge in [-0.15, -0.1) is 10.2 Å². The normalized spacial score (nSPS) is 11.8. The Morgan fingerprint density at radius 3 is 2.43 bits per heavy atom. The third kappa shape index (κ3) is 5.27. The van der Waals surface area contributed by atoms with Crippen molar-refractivity contribution in [2.24, 2.45) is 0 Å². The number of benzene rings is 2. The number of ketones is 1. The van der Waals surface area contributed by atoms with Crippen molar-refractivity contribution < 1.29 is 9.59 Å². The molecule has 2 aromatic carbocycles. The first-order valence-corrected chi connectivity index (χ1v) is 10.8. The number of hydrogen-bond acceptors (Lipinski definition) is 6. The van der Waals surface area contributed by atoms with E-state index in [1.807, 2.05) is 25.1 Å². The molecule has 7 nitrogen and oxygen atoms in total. The second-order valence-corrected chi connectivity index (χ2v) is 7.90. The fraction of sp³-hybridized carbons (Fsp3) is 0.273. The number of thioether (sulfide) groups is 1. The summed E-state index contributed by atoms with van der Waals surface area (Å²) in [6.45, 7) is 3.42. The third-order valence-corrected chi connectivity index (χ3v) is 5.66. The zero-order valence-electron chi connectivity index (χ0n) is 17.0. The Balaban J connectivity index is 1.69. The molecule has 1 amide bonds. The second kappa shape index (κ2) is 10.1. The molecule has 1 aromatic heterocycles. The molecule has 3 rings (SSSR count). The van der Waals surface area contributed by atoms with Gasteiger partial charge >= 0.3 is 0 Å². The van der Waals surface area contributed by atoms with Crippen molar-refractivity contribution >= 4 is 35.1 Å². The molecule has 0 aliphatic rings. The number of nitrogens with one attached hydrogen (secondary N) is 1. The number of nitrogen functional groups attached to an aromatic ring is 1. The monoisotopic (exact) mass is 423 g/mol. The van der Waals surface area contributed by atoms with Gasteiger partial charge in [-0.2, -0.15) is 0 Å². The Morgan fingerprint density at radius 1 is 1.10 bits per heavy atom. The highest BCUT2D eigenvalue weighted by molar-refractivity contribution is 7.99. The molecular formula is C22H25N5O2S. The molecule has 0 aliphatic heterocycles. The number of aryl methyl sites for hydroxylation is 1. The lowest BCUT2D eigenvalue weighted by molar-refractivity contribution is -0.119. The van der Waals surface area contributed by atoms with E-state index >= 15 is 0 Å². The van der Waals surface area contributed by atoms with Gasteiger partial charge in [0.2, 0.25) is 11.9 Å². The smallest absolute Gasteiger partial charge is 0.247 e. The van der Waals surface area contributed by atoms with Crippen molar-refractivity contribution in [3.05, 3.63) is 65.7 Å². The van der Waals surface area contributed by atoms with Crippen LogP contribution in [0.2, 0.25) is 0 Å². The summed E-state index contributed by atoms with van der Waals surface area (Å²) in [4.78, 5) is 24.4. The lowest BCUT2D eigenvalue weighted by Crippen LogP contribution is -2.27. The van der Waals surface area contributed by atoms with Gasteiger partial charge in [0.25, 0.3) is 0 Å². The molecule has 0 spiro atoms. The van der Waals surface area contributed by atoms with Crippen molar-refractivity contribution in [1.82, 2.24) is 14.8 Å². The Labute approximate surface area is 180 Å². The number of carbonyl (C=O) groups is 2. The van der Waals surface area contributed by atoms with Crippen LogP contribution in [0.1, 0.15) is 42.2 Å². The third-order valence-electron chi connectivity index (χ3n) is 4.72. The van der Waals surface area contributed by atoms with E-state index in [0.29, 0.717) is 22.8 Å². The molecule has 0 saturated carbocycles. The minimum absolute atomic E-state index is 0.0197. The SMILES string of the molecule is CCC(C(=O)Nc1ccc(C(C)=O)cc1)n1c(N)nnc1SCCc1ccccc1. The summed E-state index contributed by atoms with van der Waals surface area (Å²) < 4.78 is 1.69. The van der Waals surface area contributed by atoms with Crippen LogP contribution in [-0.2, 0) is 11.2 Å². The zero-order valence-corrected chi connectivity index (χ0v) is 17.9. The quantitative estimate of drug-likeness (QED) is 0.398. The van der Waals surface area contributed by atoms with Gasteiger partial charge in [-0.1, -0.05) is 49.0 Å². The van der Waals surface area contributed by atoms with Gasteiger partial charge in [-0.05, 0) is 49.6 Å². The minimum Gasteiger partial charge on any atom is -0.368 e. The van der Waals surface area contributed by atoms with Gasteiger partial charge < -0.3 is 11.1 Å². The van der Waals surface area contributed by atoms with Crippen molar-refractivity contribution in [3.8, 4) is 0 Å². The number of amides is 1. The van der Waals surface area contributed by atoms with Crippen molar-refractivity contribution in [3.63, 3.8) is 0 Å². The maximum absolute atomic E-state index is 12.9. The summed E-state index contributed by atoms with van der Waals surface area (Å²) in [5.74, 6) is 0.788. The number of rotatable bonds is 9. The molecule has 156 valence electrons. The summed E-state index contributed by atoms with van der Waals surface area (Å²) in [5.41, 5.74) is 8.50. The van der Waals surface area contributed by atoms with E-state index in [0.717, 1.165) is 12.2 Å². The molecule has 30 heavy (non-hydrogen) atoms. The Bertz CT molecular complexity index is 1000. The highest BCUT2D eigenvalue weighted by Crippen LogP contribution is 2.26. The van der Waals surface area contributed by atoms with Crippen molar-refractivity contribution in [2.45, 2.75) is 37.9 Å². The molecule has 1 heterocycles. The van der Waals surface area contributed by atoms with Crippen molar-refractivity contribution in [2.75, 3.05) is 16.8 Å². The molecular weight excluding hydrogens is 398 g/mol. The predicted molar refractivity (Wildman–Crippen MR) is 120 cm³/mol. The van der Waals surface area contributed by atoms with Crippen LogP contribution >= 0.6 is 11.8 Å². The van der Waals surface area contributed by atoms with Crippen LogP contribution < -0.4 is 11.1 Å². The van der Waals surface area contributed by atoms with Gasteiger partial charge in [-0.3, -0.25) is 14.2 Å². The summed E-state index contributed by atoms with van der Waals surface area (Å²) in [7, 11) is 0. The molecule has 0 radical (unpaired) electrons. The number of nitrogens with two attached hydrogens (primary N) is 1. The lowest BCUT2D eigenvalue weighted by atomic mass is 10.1. The van der Waals surface area contributed by atoms with Gasteiger partial charge in [0.15, 0.2) is 10.9 Å². The summed E-state index contributed by atoms with van der Waals surface area (Å²) in [6.07, 6.45) is 1.41. The average molecular weight is 424 g/mol. The van der Waals surface area contributed by atoms with Crippen LogP contribution in [0.3, 0.4) is 0 Å². The fourth-order valence-electron chi connectivity index (χ4n) is 3.08. The molecule has 1 atom stereocenters. The highest BCUT2D eigenvalue weighted by atomic mass is 32.2. The van der Waals surface area contributed by atoms with Gasteiger partial charge in [0.05, 0.1) is 0 Å². The average Bonchev–Trinajstić information content (AvgIpc) is 3.10. The molecule has 0 saturated heterocycles. The summed E-state index contributed by atoms with van der Waals surface area (Å²) in [5, 5.41) is 11.7. The molecule has 8 heteroatoms. The number of anilines is 2. The maximum Gasteiger partial charge on any atom is 0.247 e. The van der Waals surface area contributed by atoms with Crippen LogP contribution in [0.15, 0.2) is 59.8 Å². The minimum atomic E-state index is -0.535. The number of nitrogens with zero attached hydrogens (tertiary/aromatic N) is 3. The molecule has 0 aliphatic carbocycles. The lowest BCUT2D eigenvalue weighted by Gasteiger charge is -2.19. The topological polar surface area (TPSA) is 103 Å². The first kappa shape index (κ1) is 21.6. The van der Waals surface area contributed by atoms with Crippen LogP contribution in [0, 0.1) is 0 Å². The molecule has 1 unspecified atom stereocenters. The van der Waals surface area contributed by atoms with E-state index in [4.69, 9.17) is 5.73 Å². The fourth-order valence-corrected chi connectivity index (χ4v) is 4.06. The van der Waals surface area contributed by atoms with Gasteiger partial charge in [0.1, 0.15) is 6.04 Å². The number of aromatic nitrogens is 3. The van der Waals surface area contributed by atoms with Crippen LogP contribution in [0.4, 0.5) is 11.6 Å². The summed E-state index contributed by atoms with van der Waals surface area (Å²) in [6, 6.07) is 16.5. The highest BCUT2D eigenvalue weighted by Gasteiger charge is 2.25. The number of carbonyl (C=O) groups excluding carboxylic acids is 2. The van der Waals surface area contributed by atoms with Crippen LogP contribution in [-0.4, -0.2) is 32.2 Å². The first-order chi connectivity index (χ1) is 14.5. The van der Waals surface area contributed by atoms with E-state index in [2.05, 4.69) is 27.6 Å². The van der Waals surface area contributed by atoms with E-state index < -0.39 is 6.04 Å². The van der Waals surface area contributed by atoms with E-state index in [9.17, 15) is 9.59 Å². The molecule has 0 fully saturated rings. The van der Waals surface area contributed by atoms with Gasteiger partial charge in [-0.25, -0.2) is 0 Å². The van der Waals surface area contributed by atoms with Crippen LogP contribution in [0.5, 0.6) is 0 Å². The standard InChI is InChI=1S/C22H25N5O2S/c1-3-19(20(29)24-18-11-9-17(10-12-18)15(2)28)27-21(23)25-26-22(27)30-14-13-16-7-5-4-6-8-16/h4-12,19H,3,13-14H2,1-2H3,(H2,23,25)(H,24,29). The second-order valence-electron chi connectivity index (χ2n) is 6.84. The Kier molecular flexibility index (Phi) is 7.24. The van der Waals surface area contributed by atoms with Gasteiger partial charge in [0, 0.05) is 17.0 Å². The molecule has 3 aromatic rings. The van der Waals surface area contributed by atoms with E-state index in [1.165, 1.54) is 24.2 Å². The number of hydrogen-bond donors (Lipinski definition) is 2. The van der Waals surface area contributed by atoms with E-state index in [1.54, 1.807) is 28.8 Å². The first-order valence-electron chi connectivity index (χ1n) is 9.78. The Morgan fingerprint density at radius 2 is 1.80 bits per heavy atom. The Hall–Kier alpha value is -3.13. The predicted octanol–water partition coefficient (Wildman–Crippen LogP) is 3.99. The number of Topliss-reactive ketones (excluding diaryl/α,β-unsaturated/α-hetero) is 1. The largest absolute Gasteiger partial charge is 0.368 e. The van der Waals surface area contributed by atoms with E-state index in [-0.39, 0.29) is 17.6 Å². The van der Waals surface area contributed by atoms with Crippen LogP contribution in [0.25, 0.3) is 0 Å². The summed E-state index contributed by atoms with van der Waals surface area (Å²) >= 11 is 1.53.